The number of rotatable bonds is 4. The van der Waals surface area contributed by atoms with Crippen molar-refractivity contribution >= 4 is 29.2 Å². The number of nitriles is 2. The monoisotopic (exact) mass is 392 g/mol. The van der Waals surface area contributed by atoms with Crippen molar-refractivity contribution in [3.05, 3.63) is 47.0 Å². The minimum absolute atomic E-state index is 0.0642. The number of nitrogens with zero attached hydrogens (tertiary/aromatic N) is 2. The number of hydrogen-bond donors (Lipinski definition) is 2. The number of nitrogens with one attached hydrogen (secondary N) is 2. The maximum Gasteiger partial charge on any atom is 0.416 e. The predicted octanol–water partition coefficient (Wildman–Crippen LogP) is 2.96. The fourth-order valence-corrected chi connectivity index (χ4v) is 2.95. The van der Waals surface area contributed by atoms with Gasteiger partial charge in [0.2, 0.25) is 5.91 Å². The van der Waals surface area contributed by atoms with Gasteiger partial charge in [0.15, 0.2) is 5.03 Å². The minimum atomic E-state index is -4.45. The van der Waals surface area contributed by atoms with Crippen molar-refractivity contribution < 1.29 is 22.9 Å². The van der Waals surface area contributed by atoms with Crippen LogP contribution < -0.4 is 16.0 Å². The molecule has 2 aromatic rings. The maximum atomic E-state index is 12.6. The largest absolute Gasteiger partial charge is 0.416 e. The van der Waals surface area contributed by atoms with E-state index in [1.54, 1.807) is 6.92 Å². The van der Waals surface area contributed by atoms with E-state index in [0.717, 1.165) is 36.0 Å². The van der Waals surface area contributed by atoms with Gasteiger partial charge in [-0.2, -0.15) is 23.7 Å². The van der Waals surface area contributed by atoms with Crippen molar-refractivity contribution in [1.29, 1.82) is 10.5 Å². The summed E-state index contributed by atoms with van der Waals surface area (Å²) in [5, 5.41) is 20.2. The van der Waals surface area contributed by atoms with Crippen LogP contribution in [0.2, 0.25) is 0 Å². The van der Waals surface area contributed by atoms with Crippen LogP contribution in [0.1, 0.15) is 23.6 Å². The van der Waals surface area contributed by atoms with E-state index >= 15 is 0 Å². The number of nitrogen functional groups attached to an aromatic ring is 1. The second kappa shape index (κ2) is 7.98. The van der Waals surface area contributed by atoms with E-state index in [2.05, 4.69) is 10.3 Å². The molecule has 0 aliphatic carbocycles. The Labute approximate surface area is 156 Å². The fourth-order valence-electron chi connectivity index (χ4n) is 2.03. The summed E-state index contributed by atoms with van der Waals surface area (Å²) in [5.41, 5.74) is 5.35. The highest BCUT2D eigenvalue weighted by atomic mass is 32.2. The molecule has 1 amide bonds. The van der Waals surface area contributed by atoms with Crippen LogP contribution in [-0.4, -0.2) is 11.2 Å². The van der Waals surface area contributed by atoms with Crippen molar-refractivity contribution in [1.82, 2.24) is 0 Å². The molecular weight excluding hydrogens is 379 g/mol. The molecule has 1 atom stereocenters. The molecule has 1 aromatic carbocycles. The lowest BCUT2D eigenvalue weighted by molar-refractivity contribution is -0.410. The molecule has 0 aliphatic heterocycles. The SMILES string of the molecule is C[C@H](Sc1[nH+]c(N)c(C#N)cc1C#N)C(=O)Nc1ccc(C(F)(F)F)cc1. The zero-order chi connectivity index (χ0) is 20.2. The molecule has 27 heavy (non-hydrogen) atoms. The van der Waals surface area contributed by atoms with Gasteiger partial charge in [-0.15, -0.1) is 0 Å². The molecule has 4 N–H and O–H groups in total. The highest BCUT2D eigenvalue weighted by molar-refractivity contribution is 8.00. The van der Waals surface area contributed by atoms with Crippen molar-refractivity contribution in [2.45, 2.75) is 23.4 Å². The third-order valence-electron chi connectivity index (χ3n) is 3.46. The normalized spacial score (nSPS) is 11.9. The summed E-state index contributed by atoms with van der Waals surface area (Å²) in [7, 11) is 0. The highest BCUT2D eigenvalue weighted by Gasteiger charge is 2.30. The van der Waals surface area contributed by atoms with Gasteiger partial charge < -0.3 is 5.32 Å². The van der Waals surface area contributed by atoms with Crippen LogP contribution in [0.3, 0.4) is 0 Å². The van der Waals surface area contributed by atoms with Crippen LogP contribution in [0.4, 0.5) is 24.7 Å². The number of alkyl halides is 3. The van der Waals surface area contributed by atoms with Crippen molar-refractivity contribution in [2.24, 2.45) is 0 Å². The summed E-state index contributed by atoms with van der Waals surface area (Å²) in [6, 6.07) is 9.13. The first-order valence-electron chi connectivity index (χ1n) is 7.46. The number of amides is 1. The van der Waals surface area contributed by atoms with Crippen LogP contribution in [0, 0.1) is 22.7 Å². The number of pyridine rings is 1. The van der Waals surface area contributed by atoms with E-state index < -0.39 is 22.9 Å². The summed E-state index contributed by atoms with van der Waals surface area (Å²) in [4.78, 5) is 15.0. The zero-order valence-electron chi connectivity index (χ0n) is 13.9. The number of nitrogens with two attached hydrogens (primary N) is 1. The second-order valence-corrected chi connectivity index (χ2v) is 6.74. The molecule has 0 bridgehead atoms. The first-order valence-corrected chi connectivity index (χ1v) is 8.34. The topological polar surface area (TPSA) is 117 Å². The fraction of sp³-hybridized carbons (Fsp3) is 0.176. The maximum absolute atomic E-state index is 12.6. The molecule has 0 radical (unpaired) electrons. The molecule has 0 fully saturated rings. The molecule has 1 heterocycles. The molecular formula is C17H13F3N5OS+. The Morgan fingerprint density at radius 3 is 2.33 bits per heavy atom. The number of halogens is 3. The number of aromatic amines is 1. The van der Waals surface area contributed by atoms with E-state index in [9.17, 15) is 23.2 Å². The first-order chi connectivity index (χ1) is 12.7. The average Bonchev–Trinajstić information content (AvgIpc) is 2.61. The van der Waals surface area contributed by atoms with E-state index in [1.165, 1.54) is 6.07 Å². The minimum Gasteiger partial charge on any atom is -0.325 e. The Bertz CT molecular complexity index is 945. The Hall–Kier alpha value is -3.24. The standard InChI is InChI=1S/C17H12F3N5OS/c1-9(27-16-11(8-22)6-10(7-21)14(23)25-16)15(26)24-13-4-2-12(3-5-13)17(18,19)20/h2-6,9H,1H3,(H2,23,25)(H,24,26)/p+1/t9-/m0/s1. The van der Waals surface area contributed by atoms with Gasteiger partial charge in [-0.25, -0.2) is 4.98 Å². The lowest BCUT2D eigenvalue weighted by atomic mass is 10.2. The van der Waals surface area contributed by atoms with Crippen LogP contribution in [0.5, 0.6) is 0 Å². The van der Waals surface area contributed by atoms with Gasteiger partial charge in [0, 0.05) is 5.69 Å². The molecule has 10 heteroatoms. The number of carbonyl (C=O) groups excluding carboxylic acids is 1. The average molecular weight is 392 g/mol. The van der Waals surface area contributed by atoms with Crippen molar-refractivity contribution in [3.63, 3.8) is 0 Å². The number of anilines is 2. The van der Waals surface area contributed by atoms with Crippen LogP contribution >= 0.6 is 11.8 Å². The number of hydrogen-bond acceptors (Lipinski definition) is 5. The van der Waals surface area contributed by atoms with Gasteiger partial charge in [0.25, 0.3) is 5.82 Å². The van der Waals surface area contributed by atoms with Crippen LogP contribution in [-0.2, 0) is 11.0 Å². The van der Waals surface area contributed by atoms with Crippen molar-refractivity contribution in [3.8, 4) is 12.1 Å². The Morgan fingerprint density at radius 2 is 1.81 bits per heavy atom. The molecule has 0 aliphatic rings. The number of thioether (sulfide) groups is 1. The third-order valence-corrected chi connectivity index (χ3v) is 4.58. The molecule has 0 saturated carbocycles. The van der Waals surface area contributed by atoms with Gasteiger partial charge >= 0.3 is 6.18 Å². The molecule has 0 saturated heterocycles. The van der Waals surface area contributed by atoms with E-state index in [4.69, 9.17) is 11.0 Å². The Kier molecular flexibility index (Phi) is 5.93. The van der Waals surface area contributed by atoms with E-state index in [0.29, 0.717) is 5.03 Å². The molecule has 0 unspecified atom stereocenters. The lowest BCUT2D eigenvalue weighted by Crippen LogP contribution is -2.25. The summed E-state index contributed by atoms with van der Waals surface area (Å²) < 4.78 is 37.7. The molecule has 1 aromatic heterocycles. The number of carbonyl (C=O) groups is 1. The smallest absolute Gasteiger partial charge is 0.325 e. The number of H-pyrrole nitrogens is 1. The van der Waals surface area contributed by atoms with Crippen LogP contribution in [0.25, 0.3) is 0 Å². The third kappa shape index (κ3) is 4.90. The Morgan fingerprint density at radius 1 is 1.22 bits per heavy atom. The first kappa shape index (κ1) is 20.1. The number of aromatic nitrogens is 1. The zero-order valence-corrected chi connectivity index (χ0v) is 14.7. The van der Waals surface area contributed by atoms with Crippen LogP contribution in [0.15, 0.2) is 35.4 Å². The second-order valence-electron chi connectivity index (χ2n) is 5.39. The van der Waals surface area contributed by atoms with Gasteiger partial charge in [-0.05, 0) is 37.3 Å². The van der Waals surface area contributed by atoms with Gasteiger partial charge in [0.1, 0.15) is 23.3 Å². The predicted molar refractivity (Wildman–Crippen MR) is 92.2 cm³/mol. The van der Waals surface area contributed by atoms with Gasteiger partial charge in [0.05, 0.1) is 10.8 Å². The van der Waals surface area contributed by atoms with E-state index in [1.807, 2.05) is 12.1 Å². The lowest BCUT2D eigenvalue weighted by Gasteiger charge is -2.12. The summed E-state index contributed by atoms with van der Waals surface area (Å²) in [6.07, 6.45) is -4.45. The molecule has 2 rings (SSSR count). The molecule has 6 nitrogen and oxygen atoms in total. The molecule has 0 spiro atoms. The quantitative estimate of drug-likeness (QED) is 0.776. The summed E-state index contributed by atoms with van der Waals surface area (Å²) in [6.45, 7) is 1.56. The number of benzene rings is 1. The van der Waals surface area contributed by atoms with E-state index in [-0.39, 0.29) is 22.6 Å². The molecule has 138 valence electrons. The summed E-state index contributed by atoms with van der Waals surface area (Å²) >= 11 is 1.00. The van der Waals surface area contributed by atoms with Gasteiger partial charge in [-0.3, -0.25) is 10.5 Å². The Balaban J connectivity index is 2.12. The van der Waals surface area contributed by atoms with Crippen molar-refractivity contribution in [2.75, 3.05) is 11.1 Å². The van der Waals surface area contributed by atoms with Gasteiger partial charge in [-0.1, -0.05) is 11.8 Å². The summed E-state index contributed by atoms with van der Waals surface area (Å²) in [5.74, 6) is -0.408. The highest BCUT2D eigenvalue weighted by Crippen LogP contribution is 2.30.